The van der Waals surface area contributed by atoms with Crippen molar-refractivity contribution in [2.24, 2.45) is 5.92 Å². The van der Waals surface area contributed by atoms with E-state index in [2.05, 4.69) is 18.2 Å². The zero-order valence-corrected chi connectivity index (χ0v) is 6.46. The van der Waals surface area contributed by atoms with E-state index in [1.54, 1.807) is 0 Å². The van der Waals surface area contributed by atoms with Crippen LogP contribution in [0.5, 0.6) is 0 Å². The molecule has 1 unspecified atom stereocenters. The lowest BCUT2D eigenvalue weighted by atomic mass is 9.83. The minimum Gasteiger partial charge on any atom is -0.512 e. The highest BCUT2D eigenvalue weighted by atomic mass is 16.3. The molecule has 0 saturated carbocycles. The van der Waals surface area contributed by atoms with Crippen molar-refractivity contribution in [2.75, 3.05) is 0 Å². The average Bonchev–Trinajstić information content (AvgIpc) is 2.04. The quantitative estimate of drug-likeness (QED) is 0.560. The van der Waals surface area contributed by atoms with Gasteiger partial charge in [-0.05, 0) is 30.4 Å². The molecule has 0 aromatic heterocycles. The Kier molecular flexibility index (Phi) is 1.57. The first-order valence-corrected chi connectivity index (χ1v) is 4.12. The predicted octanol–water partition coefficient (Wildman–Crippen LogP) is 2.72. The fourth-order valence-corrected chi connectivity index (χ4v) is 1.73. The first-order valence-electron chi connectivity index (χ1n) is 4.12. The van der Waals surface area contributed by atoms with Crippen LogP contribution in [0.1, 0.15) is 19.3 Å². The summed E-state index contributed by atoms with van der Waals surface area (Å²) in [5, 5.41) is 9.24. The molecule has 2 aliphatic carbocycles. The van der Waals surface area contributed by atoms with Crippen LogP contribution in [-0.4, -0.2) is 5.11 Å². The van der Waals surface area contributed by atoms with Crippen molar-refractivity contribution in [3.63, 3.8) is 0 Å². The van der Waals surface area contributed by atoms with Crippen molar-refractivity contribution in [2.45, 2.75) is 19.3 Å². The maximum absolute atomic E-state index is 9.24. The molecule has 0 fully saturated rings. The van der Waals surface area contributed by atoms with Gasteiger partial charge in [-0.3, -0.25) is 0 Å². The van der Waals surface area contributed by atoms with Crippen LogP contribution in [0.3, 0.4) is 0 Å². The highest BCUT2D eigenvalue weighted by molar-refractivity contribution is 5.33. The van der Waals surface area contributed by atoms with Crippen molar-refractivity contribution >= 4 is 0 Å². The van der Waals surface area contributed by atoms with E-state index < -0.39 is 0 Å². The van der Waals surface area contributed by atoms with Gasteiger partial charge in [0.05, 0.1) is 5.76 Å². The molecule has 2 aliphatic rings. The average molecular weight is 148 g/mol. The summed E-state index contributed by atoms with van der Waals surface area (Å²) in [4.78, 5) is 0. The maximum atomic E-state index is 9.24. The summed E-state index contributed by atoms with van der Waals surface area (Å²) in [6.07, 6.45) is 11.4. The van der Waals surface area contributed by atoms with E-state index >= 15 is 0 Å². The molecule has 0 heterocycles. The van der Waals surface area contributed by atoms with Gasteiger partial charge in [-0.15, -0.1) is 0 Å². The van der Waals surface area contributed by atoms with E-state index in [0.29, 0.717) is 11.7 Å². The fraction of sp³-hybridized carbons (Fsp3) is 0.400. The molecule has 1 N–H and O–H groups in total. The van der Waals surface area contributed by atoms with Crippen LogP contribution >= 0.6 is 0 Å². The van der Waals surface area contributed by atoms with Gasteiger partial charge in [0.15, 0.2) is 0 Å². The highest BCUT2D eigenvalue weighted by Crippen LogP contribution is 2.31. The van der Waals surface area contributed by atoms with Crippen LogP contribution in [-0.2, 0) is 0 Å². The van der Waals surface area contributed by atoms with Crippen molar-refractivity contribution in [3.8, 4) is 0 Å². The SMILES string of the molecule is OC1=CC2=CC=CCC2CC1. The third-order valence-electron chi connectivity index (χ3n) is 2.40. The summed E-state index contributed by atoms with van der Waals surface area (Å²) < 4.78 is 0. The van der Waals surface area contributed by atoms with Crippen LogP contribution in [0, 0.1) is 5.92 Å². The minimum absolute atomic E-state index is 0.544. The monoisotopic (exact) mass is 148 g/mol. The second-order valence-electron chi connectivity index (χ2n) is 3.20. The first kappa shape index (κ1) is 6.71. The topological polar surface area (TPSA) is 20.2 Å². The largest absolute Gasteiger partial charge is 0.512 e. The summed E-state index contributed by atoms with van der Waals surface area (Å²) in [6.45, 7) is 0. The van der Waals surface area contributed by atoms with Crippen LogP contribution in [0.25, 0.3) is 0 Å². The fourth-order valence-electron chi connectivity index (χ4n) is 1.73. The minimum atomic E-state index is 0.544. The lowest BCUT2D eigenvalue weighted by Gasteiger charge is -2.23. The predicted molar refractivity (Wildman–Crippen MR) is 45.3 cm³/mol. The van der Waals surface area contributed by atoms with Crippen LogP contribution in [0.2, 0.25) is 0 Å². The molecule has 11 heavy (non-hydrogen) atoms. The van der Waals surface area contributed by atoms with Gasteiger partial charge in [0, 0.05) is 6.42 Å². The van der Waals surface area contributed by atoms with Crippen molar-refractivity contribution in [1.82, 2.24) is 0 Å². The lowest BCUT2D eigenvalue weighted by Crippen LogP contribution is -2.09. The van der Waals surface area contributed by atoms with Crippen LogP contribution < -0.4 is 0 Å². The van der Waals surface area contributed by atoms with Gasteiger partial charge in [-0.25, -0.2) is 0 Å². The molecule has 0 aromatic rings. The van der Waals surface area contributed by atoms with E-state index in [1.165, 1.54) is 5.57 Å². The van der Waals surface area contributed by atoms with E-state index in [4.69, 9.17) is 0 Å². The summed E-state index contributed by atoms with van der Waals surface area (Å²) in [7, 11) is 0. The van der Waals surface area contributed by atoms with Gasteiger partial charge >= 0.3 is 0 Å². The molecule has 1 heteroatoms. The van der Waals surface area contributed by atoms with Gasteiger partial charge in [-0.2, -0.15) is 0 Å². The number of allylic oxidation sites excluding steroid dienone is 6. The Balaban J connectivity index is 2.29. The summed E-state index contributed by atoms with van der Waals surface area (Å²) in [5.41, 5.74) is 1.30. The van der Waals surface area contributed by atoms with E-state index in [9.17, 15) is 5.11 Å². The highest BCUT2D eigenvalue weighted by Gasteiger charge is 2.18. The smallest absolute Gasteiger partial charge is 0.0925 e. The standard InChI is InChI=1S/C10H12O/c11-10-6-5-8-3-1-2-4-9(8)7-10/h1-2,4,7-8,11H,3,5-6H2. The van der Waals surface area contributed by atoms with Crippen LogP contribution in [0.4, 0.5) is 0 Å². The van der Waals surface area contributed by atoms with E-state index in [0.717, 1.165) is 19.3 Å². The molecule has 0 aromatic carbocycles. The third-order valence-corrected chi connectivity index (χ3v) is 2.40. The summed E-state index contributed by atoms with van der Waals surface area (Å²) >= 11 is 0. The van der Waals surface area contributed by atoms with Crippen molar-refractivity contribution in [3.05, 3.63) is 35.6 Å². The second-order valence-corrected chi connectivity index (χ2v) is 3.20. The number of hydrogen-bond acceptors (Lipinski definition) is 1. The zero-order chi connectivity index (χ0) is 7.68. The Labute approximate surface area is 66.7 Å². The third kappa shape index (κ3) is 1.23. The molecule has 0 saturated heterocycles. The summed E-state index contributed by atoms with van der Waals surface area (Å²) in [5.74, 6) is 1.22. The molecule has 2 rings (SSSR count). The lowest BCUT2D eigenvalue weighted by molar-refractivity contribution is 0.358. The Morgan fingerprint density at radius 3 is 3.27 bits per heavy atom. The molecule has 58 valence electrons. The van der Waals surface area contributed by atoms with Gasteiger partial charge in [-0.1, -0.05) is 18.2 Å². The molecule has 0 spiro atoms. The van der Waals surface area contributed by atoms with Crippen molar-refractivity contribution < 1.29 is 5.11 Å². The van der Waals surface area contributed by atoms with Gasteiger partial charge in [0.25, 0.3) is 0 Å². The van der Waals surface area contributed by atoms with Gasteiger partial charge < -0.3 is 5.11 Å². The number of aliphatic hydroxyl groups is 1. The number of rotatable bonds is 0. The molecule has 0 bridgehead atoms. The Morgan fingerprint density at radius 1 is 1.45 bits per heavy atom. The van der Waals surface area contributed by atoms with Gasteiger partial charge in [0.2, 0.25) is 0 Å². The normalized spacial score (nSPS) is 28.9. The zero-order valence-electron chi connectivity index (χ0n) is 6.46. The summed E-state index contributed by atoms with van der Waals surface area (Å²) in [6, 6.07) is 0. The molecule has 1 atom stereocenters. The molecule has 1 nitrogen and oxygen atoms in total. The van der Waals surface area contributed by atoms with Crippen LogP contribution in [0.15, 0.2) is 35.6 Å². The van der Waals surface area contributed by atoms with E-state index in [-0.39, 0.29) is 0 Å². The van der Waals surface area contributed by atoms with E-state index in [1.807, 2.05) is 6.08 Å². The molecular formula is C10H12O. The molecule has 0 aliphatic heterocycles. The molecule has 0 radical (unpaired) electrons. The number of fused-ring (bicyclic) bond motifs is 1. The van der Waals surface area contributed by atoms with Gasteiger partial charge in [0.1, 0.15) is 0 Å². The van der Waals surface area contributed by atoms with Crippen molar-refractivity contribution in [1.29, 1.82) is 0 Å². The maximum Gasteiger partial charge on any atom is 0.0925 e. The molecule has 0 amide bonds. The first-order chi connectivity index (χ1) is 5.36. The number of aliphatic hydroxyl groups excluding tert-OH is 1. The Morgan fingerprint density at radius 2 is 2.36 bits per heavy atom. The Hall–Kier alpha value is -0.980. The molecular weight excluding hydrogens is 136 g/mol. The number of hydrogen-bond donors (Lipinski definition) is 1. The second kappa shape index (κ2) is 2.57. The Bertz CT molecular complexity index is 243.